The summed E-state index contributed by atoms with van der Waals surface area (Å²) >= 11 is 0. The summed E-state index contributed by atoms with van der Waals surface area (Å²) in [5, 5.41) is 0. The molecule has 1 fully saturated rings. The van der Waals surface area contributed by atoms with Gasteiger partial charge >= 0.3 is 6.11 Å². The summed E-state index contributed by atoms with van der Waals surface area (Å²) in [6, 6.07) is 12.2. The van der Waals surface area contributed by atoms with Gasteiger partial charge in [0.1, 0.15) is 5.82 Å². The van der Waals surface area contributed by atoms with Crippen LogP contribution in [0.3, 0.4) is 0 Å². The van der Waals surface area contributed by atoms with Crippen LogP contribution in [0.1, 0.15) is 99.8 Å². The Bertz CT molecular complexity index is 838. The molecule has 182 valence electrons. The van der Waals surface area contributed by atoms with E-state index in [1.54, 1.807) is 6.07 Å². The topological polar surface area (TPSA) is 9.23 Å². The first-order valence-electron chi connectivity index (χ1n) is 12.8. The minimum Gasteiger partial charge on any atom is -0.316 e. The SMILES string of the molecule is CCCCCc1ccc(CCOC(F)(F)c2ccc([C@H]3CC[C@H](CCC)CC3)cc2F)cc1. The molecular weight excluding hydrogens is 421 g/mol. The van der Waals surface area contributed by atoms with Gasteiger partial charge in [-0.15, -0.1) is 0 Å². The Morgan fingerprint density at radius 1 is 0.848 bits per heavy atom. The predicted octanol–water partition coefficient (Wildman–Crippen LogP) is 8.94. The maximum absolute atomic E-state index is 14.7. The van der Waals surface area contributed by atoms with E-state index in [9.17, 15) is 13.2 Å². The number of unbranched alkanes of at least 4 members (excludes halogenated alkanes) is 2. The van der Waals surface area contributed by atoms with E-state index < -0.39 is 17.5 Å². The number of aryl methyl sites for hydroxylation is 1. The van der Waals surface area contributed by atoms with Gasteiger partial charge in [0.2, 0.25) is 0 Å². The number of halogens is 3. The van der Waals surface area contributed by atoms with Crippen molar-refractivity contribution in [2.45, 2.75) is 96.5 Å². The first-order chi connectivity index (χ1) is 15.9. The minimum absolute atomic E-state index is 0.162. The van der Waals surface area contributed by atoms with Crippen LogP contribution in [-0.2, 0) is 23.7 Å². The second-order valence-corrected chi connectivity index (χ2v) is 9.63. The number of benzene rings is 2. The van der Waals surface area contributed by atoms with E-state index in [0.29, 0.717) is 6.42 Å². The lowest BCUT2D eigenvalue weighted by atomic mass is 9.77. The van der Waals surface area contributed by atoms with Gasteiger partial charge in [0.15, 0.2) is 0 Å². The average Bonchev–Trinajstić information content (AvgIpc) is 2.81. The molecule has 0 radical (unpaired) electrons. The van der Waals surface area contributed by atoms with E-state index in [1.165, 1.54) is 43.4 Å². The Kier molecular flexibility index (Phi) is 9.85. The molecule has 0 heterocycles. The van der Waals surface area contributed by atoms with Crippen molar-refractivity contribution < 1.29 is 17.9 Å². The van der Waals surface area contributed by atoms with E-state index in [4.69, 9.17) is 4.74 Å². The number of hydrogen-bond acceptors (Lipinski definition) is 1. The molecule has 0 aliphatic heterocycles. The van der Waals surface area contributed by atoms with Gasteiger partial charge in [-0.1, -0.05) is 69.9 Å². The fraction of sp³-hybridized carbons (Fsp3) is 0.586. The number of rotatable bonds is 12. The second kappa shape index (κ2) is 12.6. The normalized spacial score (nSPS) is 19.1. The van der Waals surface area contributed by atoms with E-state index in [1.807, 2.05) is 12.1 Å². The molecule has 4 heteroatoms. The highest BCUT2D eigenvalue weighted by Crippen LogP contribution is 2.39. The Morgan fingerprint density at radius 3 is 2.12 bits per heavy atom. The molecule has 0 unspecified atom stereocenters. The van der Waals surface area contributed by atoms with Crippen LogP contribution in [0, 0.1) is 11.7 Å². The summed E-state index contributed by atoms with van der Waals surface area (Å²) in [4.78, 5) is 0. The number of alkyl halides is 2. The van der Waals surface area contributed by atoms with Crippen molar-refractivity contribution in [3.63, 3.8) is 0 Å². The minimum atomic E-state index is -3.64. The fourth-order valence-electron chi connectivity index (χ4n) is 5.04. The predicted molar refractivity (Wildman–Crippen MR) is 129 cm³/mol. The largest absolute Gasteiger partial charge is 0.386 e. The van der Waals surface area contributed by atoms with Crippen molar-refractivity contribution >= 4 is 0 Å². The van der Waals surface area contributed by atoms with Crippen molar-refractivity contribution in [2.75, 3.05) is 6.61 Å². The Morgan fingerprint density at radius 2 is 1.52 bits per heavy atom. The number of hydrogen-bond donors (Lipinski definition) is 0. The lowest BCUT2D eigenvalue weighted by molar-refractivity contribution is -0.249. The van der Waals surface area contributed by atoms with Gasteiger partial charge < -0.3 is 4.74 Å². The highest BCUT2D eigenvalue weighted by atomic mass is 19.3. The molecule has 2 aromatic rings. The summed E-state index contributed by atoms with van der Waals surface area (Å²) in [5.74, 6) is 0.149. The molecule has 0 N–H and O–H groups in total. The zero-order chi connectivity index (χ0) is 23.7. The number of ether oxygens (including phenoxy) is 1. The van der Waals surface area contributed by atoms with Crippen LogP contribution >= 0.6 is 0 Å². The van der Waals surface area contributed by atoms with Crippen LogP contribution in [-0.4, -0.2) is 6.61 Å². The summed E-state index contributed by atoms with van der Waals surface area (Å²) in [6.07, 6.45) is 8.06. The van der Waals surface area contributed by atoms with Crippen LogP contribution in [0.4, 0.5) is 13.2 Å². The zero-order valence-electron chi connectivity index (χ0n) is 20.2. The van der Waals surface area contributed by atoms with Crippen LogP contribution in [0.15, 0.2) is 42.5 Å². The molecule has 1 aliphatic carbocycles. The molecule has 0 saturated heterocycles. The van der Waals surface area contributed by atoms with Gasteiger partial charge in [-0.05, 0) is 85.6 Å². The molecule has 1 nitrogen and oxygen atoms in total. The summed E-state index contributed by atoms with van der Waals surface area (Å²) in [7, 11) is 0. The van der Waals surface area contributed by atoms with Crippen LogP contribution < -0.4 is 0 Å². The van der Waals surface area contributed by atoms with Crippen molar-refractivity contribution in [1.82, 2.24) is 0 Å². The monoisotopic (exact) mass is 460 g/mol. The molecule has 1 saturated carbocycles. The molecule has 2 aromatic carbocycles. The third-order valence-corrected chi connectivity index (χ3v) is 7.09. The molecule has 0 amide bonds. The lowest BCUT2D eigenvalue weighted by Crippen LogP contribution is -2.22. The Labute approximate surface area is 197 Å². The maximum Gasteiger partial charge on any atom is 0.386 e. The Balaban J connectivity index is 1.51. The van der Waals surface area contributed by atoms with Gasteiger partial charge in [-0.2, -0.15) is 8.78 Å². The molecule has 0 bridgehead atoms. The van der Waals surface area contributed by atoms with Gasteiger partial charge in [0.25, 0.3) is 0 Å². The standard InChI is InChI=1S/C29H39F3O/c1-3-5-6-8-23-9-11-24(12-10-23)19-20-33-29(31,32)27-18-17-26(21-28(27)30)25-15-13-22(7-4-2)14-16-25/h9-12,17-18,21-22,25H,3-8,13-16,19-20H2,1-2H3/t22-,25-. The van der Waals surface area contributed by atoms with Crippen molar-refractivity contribution in [3.8, 4) is 0 Å². The zero-order valence-corrected chi connectivity index (χ0v) is 20.2. The van der Waals surface area contributed by atoms with Crippen LogP contribution in [0.2, 0.25) is 0 Å². The van der Waals surface area contributed by atoms with Crippen molar-refractivity contribution in [3.05, 3.63) is 70.5 Å². The average molecular weight is 461 g/mol. The summed E-state index contributed by atoms with van der Waals surface area (Å²) in [6.45, 7) is 4.22. The molecule has 3 rings (SSSR count). The quantitative estimate of drug-likeness (QED) is 0.287. The highest BCUT2D eigenvalue weighted by molar-refractivity contribution is 5.29. The van der Waals surface area contributed by atoms with Gasteiger partial charge in [-0.3, -0.25) is 0 Å². The highest BCUT2D eigenvalue weighted by Gasteiger charge is 2.36. The van der Waals surface area contributed by atoms with Gasteiger partial charge in [0, 0.05) is 0 Å². The summed E-state index contributed by atoms with van der Waals surface area (Å²) in [5.41, 5.74) is 2.37. The molecule has 33 heavy (non-hydrogen) atoms. The van der Waals surface area contributed by atoms with E-state index >= 15 is 0 Å². The molecule has 0 aromatic heterocycles. The summed E-state index contributed by atoms with van der Waals surface area (Å²) < 4.78 is 48.7. The van der Waals surface area contributed by atoms with E-state index in [-0.39, 0.29) is 12.5 Å². The molecule has 0 spiro atoms. The van der Waals surface area contributed by atoms with Crippen LogP contribution in [0.5, 0.6) is 0 Å². The van der Waals surface area contributed by atoms with Crippen molar-refractivity contribution in [1.29, 1.82) is 0 Å². The van der Waals surface area contributed by atoms with E-state index in [0.717, 1.165) is 55.6 Å². The first-order valence-corrected chi connectivity index (χ1v) is 12.8. The van der Waals surface area contributed by atoms with Gasteiger partial charge in [0.05, 0.1) is 12.2 Å². The molecule has 0 atom stereocenters. The van der Waals surface area contributed by atoms with E-state index in [2.05, 4.69) is 26.0 Å². The smallest absolute Gasteiger partial charge is 0.316 e. The first kappa shape index (κ1) is 25.8. The fourth-order valence-corrected chi connectivity index (χ4v) is 5.04. The second-order valence-electron chi connectivity index (χ2n) is 9.63. The third kappa shape index (κ3) is 7.60. The van der Waals surface area contributed by atoms with Crippen LogP contribution in [0.25, 0.3) is 0 Å². The maximum atomic E-state index is 14.7. The molecule has 1 aliphatic rings. The third-order valence-electron chi connectivity index (χ3n) is 7.09. The van der Waals surface area contributed by atoms with Gasteiger partial charge in [-0.25, -0.2) is 4.39 Å². The van der Waals surface area contributed by atoms with Crippen molar-refractivity contribution in [2.24, 2.45) is 5.92 Å². The Hall–Kier alpha value is -1.81. The lowest BCUT2D eigenvalue weighted by Gasteiger charge is -2.29. The molecular formula is C29H39F3O.